The van der Waals surface area contributed by atoms with Crippen LogP contribution in [0.15, 0.2) is 0 Å². The molecule has 30 heavy (non-hydrogen) atoms. The zero-order valence-corrected chi connectivity index (χ0v) is 21.3. The largest absolute Gasteiger partial charge is 0.529 e. The van der Waals surface area contributed by atoms with Gasteiger partial charge in [-0.05, 0) is 0 Å². The van der Waals surface area contributed by atoms with Gasteiger partial charge in [0.25, 0.3) is 0 Å². The van der Waals surface area contributed by atoms with E-state index in [1.165, 1.54) is 0 Å². The molecule has 0 spiro atoms. The van der Waals surface area contributed by atoms with Gasteiger partial charge in [0.05, 0.1) is 0 Å². The zero-order chi connectivity index (χ0) is 23.3. The summed E-state index contributed by atoms with van der Waals surface area (Å²) >= 11 is 18.6. The highest BCUT2D eigenvalue weighted by Gasteiger charge is 2.38. The van der Waals surface area contributed by atoms with Gasteiger partial charge < -0.3 is 13.6 Å². The summed E-state index contributed by atoms with van der Waals surface area (Å²) < 4.78 is 80.7. The standard InChI is InChI=1S/C12H18Cl3O12P3/c1-19-28(16,20-2)25-10-7(13)11(26-29(17,21-3)22-4)9(15)12(8(10)14)27-30(18,23-5)24-6/h1-6H3. The Hall–Kier alpha value is -0.0600. The molecule has 0 atom stereocenters. The lowest BCUT2D eigenvalue weighted by Crippen LogP contribution is -2.04. The lowest BCUT2D eigenvalue weighted by atomic mass is 10.3. The molecule has 1 aromatic rings. The van der Waals surface area contributed by atoms with Gasteiger partial charge in [-0.2, -0.15) is 0 Å². The van der Waals surface area contributed by atoms with Gasteiger partial charge in [-0.1, -0.05) is 34.8 Å². The summed E-state index contributed by atoms with van der Waals surface area (Å²) in [5.74, 6) is -1.84. The molecule has 12 nitrogen and oxygen atoms in total. The molecule has 18 heteroatoms. The third kappa shape index (κ3) is 6.25. The minimum atomic E-state index is -4.23. The first-order valence-electron chi connectivity index (χ1n) is 7.32. The number of hydrogen-bond acceptors (Lipinski definition) is 12. The molecule has 0 bridgehead atoms. The molecule has 0 saturated carbocycles. The minimum absolute atomic E-state index is 0.550. The van der Waals surface area contributed by atoms with Crippen molar-refractivity contribution in [2.75, 3.05) is 42.7 Å². The van der Waals surface area contributed by atoms with Crippen LogP contribution in [0.5, 0.6) is 17.2 Å². The maximum Gasteiger partial charge on any atom is 0.529 e. The fourth-order valence-electron chi connectivity index (χ4n) is 1.62. The predicted molar refractivity (Wildman–Crippen MR) is 108 cm³/mol. The van der Waals surface area contributed by atoms with Crippen molar-refractivity contribution in [3.8, 4) is 17.2 Å². The quantitative estimate of drug-likeness (QED) is 0.282. The third-order valence-corrected chi connectivity index (χ3v) is 8.08. The number of phosphoric acid groups is 3. The van der Waals surface area contributed by atoms with Crippen LogP contribution in [0.2, 0.25) is 15.1 Å². The van der Waals surface area contributed by atoms with Crippen LogP contribution in [-0.2, 0) is 40.8 Å². The van der Waals surface area contributed by atoms with E-state index in [-0.39, 0.29) is 0 Å². The van der Waals surface area contributed by atoms with Crippen LogP contribution in [0.1, 0.15) is 0 Å². The topological polar surface area (TPSA) is 134 Å². The van der Waals surface area contributed by atoms with Gasteiger partial charge in [-0.3, -0.25) is 27.1 Å². The Labute approximate surface area is 187 Å². The van der Waals surface area contributed by atoms with Gasteiger partial charge in [-0.15, -0.1) is 0 Å². The Morgan fingerprint density at radius 2 is 0.633 bits per heavy atom. The summed E-state index contributed by atoms with van der Waals surface area (Å²) in [6.07, 6.45) is 0. The van der Waals surface area contributed by atoms with Gasteiger partial charge in [0.1, 0.15) is 15.1 Å². The van der Waals surface area contributed by atoms with Gasteiger partial charge in [-0.25, -0.2) is 13.7 Å². The second-order valence-electron chi connectivity index (χ2n) is 4.64. The molecule has 0 amide bonds. The van der Waals surface area contributed by atoms with Gasteiger partial charge in [0, 0.05) is 42.7 Å². The molecule has 0 radical (unpaired) electrons. The van der Waals surface area contributed by atoms with Crippen LogP contribution in [0.4, 0.5) is 0 Å². The van der Waals surface area contributed by atoms with Crippen molar-refractivity contribution in [3.05, 3.63) is 15.1 Å². The Bertz CT molecular complexity index is 751. The first-order chi connectivity index (χ1) is 13.9. The first kappa shape index (κ1) is 28.0. The summed E-state index contributed by atoms with van der Waals surface area (Å²) in [6.45, 7) is 0. The number of halogens is 3. The van der Waals surface area contributed by atoms with Crippen molar-refractivity contribution in [2.45, 2.75) is 0 Å². The van der Waals surface area contributed by atoms with Crippen LogP contribution in [-0.4, -0.2) is 42.7 Å². The van der Waals surface area contributed by atoms with E-state index in [1.54, 1.807) is 0 Å². The lowest BCUT2D eigenvalue weighted by molar-refractivity contribution is 0.207. The van der Waals surface area contributed by atoms with E-state index in [1.807, 2.05) is 0 Å². The second kappa shape index (κ2) is 11.2. The fraction of sp³-hybridized carbons (Fsp3) is 0.500. The van der Waals surface area contributed by atoms with Crippen molar-refractivity contribution in [1.29, 1.82) is 0 Å². The molecule has 174 valence electrons. The monoisotopic (exact) mass is 552 g/mol. The van der Waals surface area contributed by atoms with Crippen LogP contribution in [0.3, 0.4) is 0 Å². The smallest absolute Gasteiger partial charge is 0.401 e. The fourth-order valence-corrected chi connectivity index (χ4v) is 5.00. The molecule has 0 aromatic heterocycles. The van der Waals surface area contributed by atoms with Crippen molar-refractivity contribution >= 4 is 58.3 Å². The molecule has 0 fully saturated rings. The maximum absolute atomic E-state index is 12.4. The average Bonchev–Trinajstić information content (AvgIpc) is 2.76. The summed E-state index contributed by atoms with van der Waals surface area (Å²) in [7, 11) is -6.57. The second-order valence-corrected chi connectivity index (χ2v) is 11.2. The van der Waals surface area contributed by atoms with E-state index in [2.05, 4.69) is 27.1 Å². The summed E-state index contributed by atoms with van der Waals surface area (Å²) in [4.78, 5) is 0. The SMILES string of the molecule is COP(=O)(OC)Oc1c(Cl)c(OP(=O)(OC)OC)c(Cl)c(OP(=O)(OC)OC)c1Cl. The maximum atomic E-state index is 12.4. The van der Waals surface area contributed by atoms with Gasteiger partial charge in [0.2, 0.25) is 0 Å². The van der Waals surface area contributed by atoms with Gasteiger partial charge >= 0.3 is 23.5 Å². The highest BCUT2D eigenvalue weighted by atomic mass is 35.5. The molecule has 0 aliphatic rings. The molecule has 0 heterocycles. The summed E-state index contributed by atoms with van der Waals surface area (Å²) in [6, 6.07) is 0. The lowest BCUT2D eigenvalue weighted by Gasteiger charge is -2.23. The van der Waals surface area contributed by atoms with Crippen molar-refractivity contribution in [1.82, 2.24) is 0 Å². The number of phosphoric ester groups is 3. The Kier molecular flexibility index (Phi) is 10.4. The van der Waals surface area contributed by atoms with E-state index < -0.39 is 55.8 Å². The molecule has 0 N–H and O–H groups in total. The number of hydrogen-bond donors (Lipinski definition) is 0. The summed E-state index contributed by atoms with van der Waals surface area (Å²) in [5.41, 5.74) is 0. The van der Waals surface area contributed by atoms with Crippen molar-refractivity contribution < 1.29 is 54.4 Å². The molecular weight excluding hydrogens is 535 g/mol. The number of benzene rings is 1. The van der Waals surface area contributed by atoms with Crippen LogP contribution in [0, 0.1) is 0 Å². The molecule has 0 unspecified atom stereocenters. The minimum Gasteiger partial charge on any atom is -0.401 e. The van der Waals surface area contributed by atoms with Crippen molar-refractivity contribution in [3.63, 3.8) is 0 Å². The van der Waals surface area contributed by atoms with Gasteiger partial charge in [0.15, 0.2) is 17.2 Å². The molecule has 1 rings (SSSR count). The Morgan fingerprint density at radius 1 is 0.467 bits per heavy atom. The van der Waals surface area contributed by atoms with Crippen LogP contribution < -0.4 is 13.6 Å². The predicted octanol–water partition coefficient (Wildman–Crippen LogP) is 5.99. The molecule has 0 aliphatic carbocycles. The van der Waals surface area contributed by atoms with E-state index in [4.69, 9.17) is 48.4 Å². The third-order valence-electron chi connectivity index (χ3n) is 3.15. The van der Waals surface area contributed by atoms with E-state index in [0.717, 1.165) is 42.7 Å². The Morgan fingerprint density at radius 3 is 0.767 bits per heavy atom. The average molecular weight is 554 g/mol. The number of rotatable bonds is 12. The molecular formula is C12H18Cl3O12P3. The van der Waals surface area contributed by atoms with E-state index in [9.17, 15) is 13.7 Å². The van der Waals surface area contributed by atoms with Crippen LogP contribution in [0.25, 0.3) is 0 Å². The van der Waals surface area contributed by atoms with E-state index in [0.29, 0.717) is 0 Å². The van der Waals surface area contributed by atoms with E-state index >= 15 is 0 Å². The Balaban J connectivity index is 3.82. The van der Waals surface area contributed by atoms with Crippen LogP contribution >= 0.6 is 58.3 Å². The summed E-state index contributed by atoms with van der Waals surface area (Å²) in [5, 5.41) is -1.65. The highest BCUT2D eigenvalue weighted by molar-refractivity contribution is 7.49. The molecule has 1 aromatic carbocycles. The first-order valence-corrected chi connectivity index (χ1v) is 12.8. The normalized spacial score (nSPS) is 12.7. The highest BCUT2D eigenvalue weighted by Crippen LogP contribution is 2.63. The van der Waals surface area contributed by atoms with Crippen molar-refractivity contribution in [2.24, 2.45) is 0 Å². The molecule has 0 aliphatic heterocycles. The molecule has 0 saturated heterocycles. The zero-order valence-electron chi connectivity index (χ0n) is 16.4.